The van der Waals surface area contributed by atoms with Gasteiger partial charge in [-0.25, -0.2) is 9.97 Å². The summed E-state index contributed by atoms with van der Waals surface area (Å²) in [5.41, 5.74) is 0.384. The standard InChI is InChI=1S/C11H9BrClN5O2/c1-14-10-9(18(19)20)11(16-5-15-10)17-8-3-2-6(13)4-7(8)12/h2-5H,1H3,(H2,14,15,16,17). The Balaban J connectivity index is 2.45. The molecule has 20 heavy (non-hydrogen) atoms. The first-order valence-corrected chi connectivity index (χ1v) is 6.59. The Hall–Kier alpha value is -1.93. The number of nitro groups is 1. The van der Waals surface area contributed by atoms with Gasteiger partial charge in [0.25, 0.3) is 0 Å². The van der Waals surface area contributed by atoms with Gasteiger partial charge in [-0.2, -0.15) is 0 Å². The molecule has 2 N–H and O–H groups in total. The number of halogens is 2. The second-order valence-corrected chi connectivity index (χ2v) is 4.97. The van der Waals surface area contributed by atoms with Crippen LogP contribution in [-0.4, -0.2) is 21.9 Å². The number of anilines is 3. The highest BCUT2D eigenvalue weighted by Gasteiger charge is 2.22. The molecular formula is C11H9BrClN5O2. The van der Waals surface area contributed by atoms with Gasteiger partial charge in [0, 0.05) is 16.5 Å². The summed E-state index contributed by atoms with van der Waals surface area (Å²) in [5, 5.41) is 17.2. The zero-order chi connectivity index (χ0) is 14.7. The van der Waals surface area contributed by atoms with Crippen LogP contribution in [0.25, 0.3) is 0 Å². The minimum atomic E-state index is -0.544. The van der Waals surface area contributed by atoms with Crippen molar-refractivity contribution in [2.24, 2.45) is 0 Å². The average molecular weight is 359 g/mol. The van der Waals surface area contributed by atoms with Gasteiger partial charge in [-0.1, -0.05) is 11.6 Å². The minimum Gasteiger partial charge on any atom is -0.367 e. The van der Waals surface area contributed by atoms with E-state index in [4.69, 9.17) is 11.6 Å². The van der Waals surface area contributed by atoms with Crippen LogP contribution in [0.5, 0.6) is 0 Å². The van der Waals surface area contributed by atoms with E-state index < -0.39 is 4.92 Å². The molecule has 9 heteroatoms. The lowest BCUT2D eigenvalue weighted by Gasteiger charge is -2.09. The van der Waals surface area contributed by atoms with E-state index in [1.165, 1.54) is 6.33 Å². The fraction of sp³-hybridized carbons (Fsp3) is 0.0909. The molecule has 1 aromatic heterocycles. The van der Waals surface area contributed by atoms with Crippen LogP contribution in [0.15, 0.2) is 29.0 Å². The third kappa shape index (κ3) is 2.97. The molecule has 7 nitrogen and oxygen atoms in total. The van der Waals surface area contributed by atoms with Gasteiger partial charge in [0.2, 0.25) is 11.6 Å². The van der Waals surface area contributed by atoms with Crippen molar-refractivity contribution in [2.45, 2.75) is 0 Å². The molecule has 1 aromatic carbocycles. The van der Waals surface area contributed by atoms with Crippen LogP contribution < -0.4 is 10.6 Å². The highest BCUT2D eigenvalue weighted by molar-refractivity contribution is 9.10. The van der Waals surface area contributed by atoms with Gasteiger partial charge < -0.3 is 10.6 Å². The van der Waals surface area contributed by atoms with E-state index in [0.717, 1.165) is 0 Å². The third-order valence-corrected chi connectivity index (χ3v) is 3.32. The van der Waals surface area contributed by atoms with E-state index >= 15 is 0 Å². The summed E-state index contributed by atoms with van der Waals surface area (Å²) in [6, 6.07) is 5.04. The topological polar surface area (TPSA) is 93.0 Å². The van der Waals surface area contributed by atoms with Crippen molar-refractivity contribution in [3.05, 3.63) is 44.1 Å². The van der Waals surface area contributed by atoms with Crippen molar-refractivity contribution in [3.63, 3.8) is 0 Å². The van der Waals surface area contributed by atoms with Crippen LogP contribution in [0, 0.1) is 10.1 Å². The molecule has 0 radical (unpaired) electrons. The summed E-state index contributed by atoms with van der Waals surface area (Å²) < 4.78 is 0.670. The first-order valence-electron chi connectivity index (χ1n) is 5.42. The van der Waals surface area contributed by atoms with Crippen LogP contribution in [-0.2, 0) is 0 Å². The fourth-order valence-electron chi connectivity index (χ4n) is 1.54. The molecule has 1 heterocycles. The van der Waals surface area contributed by atoms with Crippen molar-refractivity contribution < 1.29 is 4.92 Å². The summed E-state index contributed by atoms with van der Waals surface area (Å²) in [7, 11) is 1.55. The second-order valence-electron chi connectivity index (χ2n) is 3.68. The Morgan fingerprint density at radius 1 is 1.35 bits per heavy atom. The molecule has 0 aliphatic rings. The smallest absolute Gasteiger partial charge is 0.353 e. The fourth-order valence-corrected chi connectivity index (χ4v) is 2.33. The molecule has 0 saturated heterocycles. The molecule has 104 valence electrons. The molecule has 0 unspecified atom stereocenters. The Bertz CT molecular complexity index is 667. The molecule has 0 atom stereocenters. The van der Waals surface area contributed by atoms with Gasteiger partial charge in [-0.3, -0.25) is 10.1 Å². The Morgan fingerprint density at radius 2 is 2.05 bits per heavy atom. The van der Waals surface area contributed by atoms with E-state index in [1.807, 2.05) is 0 Å². The highest BCUT2D eigenvalue weighted by atomic mass is 79.9. The number of nitrogens with zero attached hydrogens (tertiary/aromatic N) is 3. The molecule has 0 fully saturated rings. The lowest BCUT2D eigenvalue weighted by Crippen LogP contribution is -2.05. The summed E-state index contributed by atoms with van der Waals surface area (Å²) in [6.07, 6.45) is 1.24. The third-order valence-electron chi connectivity index (χ3n) is 2.43. The number of aromatic nitrogens is 2. The normalized spacial score (nSPS) is 10.2. The zero-order valence-electron chi connectivity index (χ0n) is 10.2. The van der Waals surface area contributed by atoms with Gasteiger partial charge in [0.15, 0.2) is 0 Å². The number of hydrogen-bond donors (Lipinski definition) is 2. The molecule has 0 spiro atoms. The van der Waals surface area contributed by atoms with Crippen molar-refractivity contribution in [2.75, 3.05) is 17.7 Å². The lowest BCUT2D eigenvalue weighted by molar-refractivity contribution is -0.383. The summed E-state index contributed by atoms with van der Waals surface area (Å²) >= 11 is 9.17. The second kappa shape index (κ2) is 6.02. The van der Waals surface area contributed by atoms with Crippen molar-refractivity contribution in [3.8, 4) is 0 Å². The SMILES string of the molecule is CNc1ncnc(Nc2ccc(Cl)cc2Br)c1[N+](=O)[O-]. The Morgan fingerprint density at radius 3 is 2.65 bits per heavy atom. The van der Waals surface area contributed by atoms with Crippen molar-refractivity contribution >= 4 is 50.5 Å². The van der Waals surface area contributed by atoms with Crippen LogP contribution in [0.4, 0.5) is 23.0 Å². The molecular weight excluding hydrogens is 350 g/mol. The number of nitrogens with one attached hydrogen (secondary N) is 2. The molecule has 0 aliphatic heterocycles. The molecule has 0 bridgehead atoms. The zero-order valence-corrected chi connectivity index (χ0v) is 12.6. The van der Waals surface area contributed by atoms with E-state index in [2.05, 4.69) is 36.5 Å². The first kappa shape index (κ1) is 14.5. The lowest BCUT2D eigenvalue weighted by atomic mass is 10.3. The molecule has 2 rings (SSSR count). The van der Waals surface area contributed by atoms with Gasteiger partial charge in [-0.15, -0.1) is 0 Å². The van der Waals surface area contributed by atoms with E-state index in [-0.39, 0.29) is 17.3 Å². The van der Waals surface area contributed by atoms with Gasteiger partial charge in [-0.05, 0) is 34.1 Å². The summed E-state index contributed by atoms with van der Waals surface area (Å²) in [4.78, 5) is 18.3. The van der Waals surface area contributed by atoms with Gasteiger partial charge in [0.05, 0.1) is 10.6 Å². The first-order chi connectivity index (χ1) is 9.52. The number of rotatable bonds is 4. The molecule has 0 saturated carbocycles. The van der Waals surface area contributed by atoms with Crippen molar-refractivity contribution in [1.29, 1.82) is 0 Å². The predicted molar refractivity (Wildman–Crippen MR) is 80.7 cm³/mol. The molecule has 0 amide bonds. The monoisotopic (exact) mass is 357 g/mol. The number of benzene rings is 1. The van der Waals surface area contributed by atoms with Crippen LogP contribution >= 0.6 is 27.5 Å². The van der Waals surface area contributed by atoms with E-state index in [1.54, 1.807) is 25.2 Å². The maximum Gasteiger partial charge on any atom is 0.353 e. The number of hydrogen-bond acceptors (Lipinski definition) is 6. The minimum absolute atomic E-state index is 0.0948. The van der Waals surface area contributed by atoms with Crippen LogP contribution in [0.2, 0.25) is 5.02 Å². The van der Waals surface area contributed by atoms with E-state index in [9.17, 15) is 10.1 Å². The largest absolute Gasteiger partial charge is 0.367 e. The van der Waals surface area contributed by atoms with Crippen LogP contribution in [0.3, 0.4) is 0 Å². The molecule has 2 aromatic rings. The van der Waals surface area contributed by atoms with Crippen molar-refractivity contribution in [1.82, 2.24) is 9.97 Å². The quantitative estimate of drug-likeness (QED) is 0.641. The summed E-state index contributed by atoms with van der Waals surface area (Å²) in [5.74, 6) is 0.231. The molecule has 0 aliphatic carbocycles. The van der Waals surface area contributed by atoms with Crippen LogP contribution in [0.1, 0.15) is 0 Å². The highest BCUT2D eigenvalue weighted by Crippen LogP contribution is 2.34. The summed E-state index contributed by atoms with van der Waals surface area (Å²) in [6.45, 7) is 0. The Labute approximate surface area is 127 Å². The average Bonchev–Trinajstić information content (AvgIpc) is 2.41. The maximum absolute atomic E-state index is 11.1. The van der Waals surface area contributed by atoms with Gasteiger partial charge >= 0.3 is 5.69 Å². The predicted octanol–water partition coefficient (Wildman–Crippen LogP) is 3.59. The van der Waals surface area contributed by atoms with Gasteiger partial charge in [0.1, 0.15) is 6.33 Å². The maximum atomic E-state index is 11.1. The Kier molecular flexibility index (Phi) is 4.35. The van der Waals surface area contributed by atoms with E-state index in [0.29, 0.717) is 15.2 Å².